The molecule has 0 bridgehead atoms. The number of carboxylic acids is 1. The summed E-state index contributed by atoms with van der Waals surface area (Å²) in [4.78, 5) is 22.9. The molecule has 1 aliphatic carbocycles. The minimum atomic E-state index is -0.966. The molecule has 2 rings (SSSR count). The van der Waals surface area contributed by atoms with Gasteiger partial charge in [-0.15, -0.1) is 0 Å². The fraction of sp³-hybridized carbons (Fsp3) is 0.429. The van der Waals surface area contributed by atoms with Crippen molar-refractivity contribution < 1.29 is 14.7 Å². The van der Waals surface area contributed by atoms with Crippen LogP contribution in [-0.4, -0.2) is 17.0 Å². The molecule has 1 amide bonds. The van der Waals surface area contributed by atoms with E-state index >= 15 is 0 Å². The van der Waals surface area contributed by atoms with Crippen LogP contribution in [0.4, 0.5) is 5.69 Å². The Morgan fingerprint density at radius 3 is 2.44 bits per heavy atom. The van der Waals surface area contributed by atoms with E-state index < -0.39 is 5.97 Å². The third-order valence-corrected chi connectivity index (χ3v) is 3.61. The van der Waals surface area contributed by atoms with Gasteiger partial charge >= 0.3 is 5.97 Å². The van der Waals surface area contributed by atoms with E-state index in [9.17, 15) is 9.59 Å². The molecular formula is C14H17NO3. The van der Waals surface area contributed by atoms with Gasteiger partial charge in [0, 0.05) is 11.6 Å². The molecule has 0 saturated heterocycles. The Bertz CT molecular complexity index is 522. The lowest BCUT2D eigenvalue weighted by Gasteiger charge is -2.10. The molecule has 1 aromatic carbocycles. The topological polar surface area (TPSA) is 66.4 Å². The first-order valence-electron chi connectivity index (χ1n) is 6.05. The first kappa shape index (κ1) is 12.6. The maximum Gasteiger partial charge on any atom is 0.336 e. The molecule has 1 aliphatic rings. The second-order valence-corrected chi connectivity index (χ2v) is 5.08. The number of carbonyl (C=O) groups excluding carboxylic acids is 1. The van der Waals surface area contributed by atoms with Crippen molar-refractivity contribution in [2.24, 2.45) is 11.8 Å². The van der Waals surface area contributed by atoms with Crippen LogP contribution >= 0.6 is 0 Å². The van der Waals surface area contributed by atoms with Gasteiger partial charge in [-0.3, -0.25) is 4.79 Å². The van der Waals surface area contributed by atoms with Crippen molar-refractivity contribution in [3.05, 3.63) is 28.8 Å². The maximum atomic E-state index is 11.8. The van der Waals surface area contributed by atoms with Gasteiger partial charge in [-0.1, -0.05) is 6.92 Å². The number of carboxylic acid groups (broad SMARTS) is 1. The highest BCUT2D eigenvalue weighted by Gasteiger charge is 2.39. The molecule has 2 atom stereocenters. The Morgan fingerprint density at radius 1 is 1.33 bits per heavy atom. The van der Waals surface area contributed by atoms with Crippen LogP contribution in [0.15, 0.2) is 12.1 Å². The highest BCUT2D eigenvalue weighted by atomic mass is 16.4. The fourth-order valence-corrected chi connectivity index (χ4v) is 2.08. The lowest BCUT2D eigenvalue weighted by atomic mass is 10.0. The summed E-state index contributed by atoms with van der Waals surface area (Å²) in [5.74, 6) is -0.455. The smallest absolute Gasteiger partial charge is 0.336 e. The molecule has 2 unspecified atom stereocenters. The van der Waals surface area contributed by atoms with Crippen LogP contribution in [-0.2, 0) is 4.79 Å². The summed E-state index contributed by atoms with van der Waals surface area (Å²) in [5, 5.41) is 11.9. The molecule has 96 valence electrons. The normalized spacial score (nSPS) is 21.5. The number of aryl methyl sites for hydroxylation is 1. The number of benzene rings is 1. The minimum Gasteiger partial charge on any atom is -0.478 e. The Balaban J connectivity index is 2.23. The van der Waals surface area contributed by atoms with Gasteiger partial charge in [0.15, 0.2) is 0 Å². The average molecular weight is 247 g/mol. The Labute approximate surface area is 106 Å². The van der Waals surface area contributed by atoms with Gasteiger partial charge < -0.3 is 10.4 Å². The number of hydrogen-bond donors (Lipinski definition) is 2. The second kappa shape index (κ2) is 4.44. The molecule has 0 heterocycles. The van der Waals surface area contributed by atoms with E-state index in [2.05, 4.69) is 5.32 Å². The van der Waals surface area contributed by atoms with Crippen LogP contribution in [0.3, 0.4) is 0 Å². The van der Waals surface area contributed by atoms with E-state index in [-0.39, 0.29) is 17.4 Å². The quantitative estimate of drug-likeness (QED) is 0.862. The van der Waals surface area contributed by atoms with Gasteiger partial charge in [0.2, 0.25) is 5.91 Å². The third kappa shape index (κ3) is 2.37. The monoisotopic (exact) mass is 247 g/mol. The molecule has 0 aliphatic heterocycles. The maximum absolute atomic E-state index is 11.8. The van der Waals surface area contributed by atoms with Crippen molar-refractivity contribution in [3.8, 4) is 0 Å². The first-order chi connectivity index (χ1) is 8.40. The fourth-order valence-electron chi connectivity index (χ4n) is 2.08. The Morgan fingerprint density at radius 2 is 1.94 bits per heavy atom. The van der Waals surface area contributed by atoms with Gasteiger partial charge in [-0.05, 0) is 49.4 Å². The Hall–Kier alpha value is -1.84. The lowest BCUT2D eigenvalue weighted by molar-refractivity contribution is -0.117. The van der Waals surface area contributed by atoms with E-state index in [1.807, 2.05) is 19.9 Å². The van der Waals surface area contributed by atoms with Crippen LogP contribution in [0.1, 0.15) is 34.8 Å². The molecule has 0 aromatic heterocycles. The van der Waals surface area contributed by atoms with Crippen LogP contribution in [0.25, 0.3) is 0 Å². The molecule has 18 heavy (non-hydrogen) atoms. The molecule has 0 spiro atoms. The van der Waals surface area contributed by atoms with E-state index in [1.54, 1.807) is 6.92 Å². The summed E-state index contributed by atoms with van der Waals surface area (Å²) in [6.45, 7) is 5.65. The van der Waals surface area contributed by atoms with Crippen LogP contribution < -0.4 is 5.32 Å². The summed E-state index contributed by atoms with van der Waals surface area (Å²) >= 11 is 0. The highest BCUT2D eigenvalue weighted by molar-refractivity contribution is 5.97. The second-order valence-electron chi connectivity index (χ2n) is 5.08. The van der Waals surface area contributed by atoms with Crippen molar-refractivity contribution >= 4 is 17.6 Å². The molecule has 1 fully saturated rings. The zero-order valence-electron chi connectivity index (χ0n) is 10.8. The van der Waals surface area contributed by atoms with Gasteiger partial charge in [0.05, 0.1) is 5.56 Å². The molecule has 1 aromatic rings. The lowest BCUT2D eigenvalue weighted by Crippen LogP contribution is -2.15. The molecule has 4 heteroatoms. The number of carbonyl (C=O) groups is 2. The van der Waals surface area contributed by atoms with E-state index in [0.717, 1.165) is 17.5 Å². The highest BCUT2D eigenvalue weighted by Crippen LogP contribution is 2.38. The SMILES string of the molecule is Cc1cc(NC(=O)C2CC2C)cc(C(=O)O)c1C. The van der Waals surface area contributed by atoms with Crippen molar-refractivity contribution in [2.45, 2.75) is 27.2 Å². The molecule has 4 nitrogen and oxygen atoms in total. The van der Waals surface area contributed by atoms with E-state index in [4.69, 9.17) is 5.11 Å². The minimum absolute atomic E-state index is 0.0120. The number of aromatic carboxylic acids is 1. The van der Waals surface area contributed by atoms with Gasteiger partial charge in [-0.25, -0.2) is 4.79 Å². The third-order valence-electron chi connectivity index (χ3n) is 3.61. The number of rotatable bonds is 3. The van der Waals surface area contributed by atoms with E-state index in [1.165, 1.54) is 6.07 Å². The standard InChI is InChI=1S/C14H17NO3/c1-7-4-10(6-12(9(7)3)14(17)18)15-13(16)11-5-8(11)2/h4,6,8,11H,5H2,1-3H3,(H,15,16)(H,17,18). The first-order valence-corrected chi connectivity index (χ1v) is 6.05. The zero-order chi connectivity index (χ0) is 13.4. The van der Waals surface area contributed by atoms with Gasteiger partial charge in [-0.2, -0.15) is 0 Å². The summed E-state index contributed by atoms with van der Waals surface area (Å²) in [6, 6.07) is 3.34. The van der Waals surface area contributed by atoms with Gasteiger partial charge in [0.1, 0.15) is 0 Å². The summed E-state index contributed by atoms with van der Waals surface area (Å²) in [6.07, 6.45) is 0.919. The van der Waals surface area contributed by atoms with Crippen LogP contribution in [0.5, 0.6) is 0 Å². The predicted octanol–water partition coefficient (Wildman–Crippen LogP) is 2.60. The van der Waals surface area contributed by atoms with Gasteiger partial charge in [0.25, 0.3) is 0 Å². The average Bonchev–Trinajstić information content (AvgIpc) is 3.00. The summed E-state index contributed by atoms with van der Waals surface area (Å²) in [5.41, 5.74) is 2.42. The van der Waals surface area contributed by atoms with Crippen LogP contribution in [0, 0.1) is 25.7 Å². The number of anilines is 1. The molecule has 1 saturated carbocycles. The van der Waals surface area contributed by atoms with Crippen molar-refractivity contribution in [1.82, 2.24) is 0 Å². The summed E-state index contributed by atoms with van der Waals surface area (Å²) < 4.78 is 0. The van der Waals surface area contributed by atoms with E-state index in [0.29, 0.717) is 11.6 Å². The number of amides is 1. The molecular weight excluding hydrogens is 230 g/mol. The largest absolute Gasteiger partial charge is 0.478 e. The molecule has 0 radical (unpaired) electrons. The van der Waals surface area contributed by atoms with Crippen molar-refractivity contribution in [1.29, 1.82) is 0 Å². The summed E-state index contributed by atoms with van der Waals surface area (Å²) in [7, 11) is 0. The number of hydrogen-bond acceptors (Lipinski definition) is 2. The predicted molar refractivity (Wildman–Crippen MR) is 68.8 cm³/mol. The Kier molecular flexibility index (Phi) is 3.11. The van der Waals surface area contributed by atoms with Crippen LogP contribution in [0.2, 0.25) is 0 Å². The number of nitrogens with one attached hydrogen (secondary N) is 1. The zero-order valence-corrected chi connectivity index (χ0v) is 10.8. The van der Waals surface area contributed by atoms with Crippen molar-refractivity contribution in [2.75, 3.05) is 5.32 Å². The molecule has 2 N–H and O–H groups in total. The van der Waals surface area contributed by atoms with Crippen molar-refractivity contribution in [3.63, 3.8) is 0 Å².